The third kappa shape index (κ3) is 4.24. The second-order valence-electron chi connectivity index (χ2n) is 6.08. The van der Waals surface area contributed by atoms with Crippen LogP contribution in [0.1, 0.15) is 50.2 Å². The maximum Gasteiger partial charge on any atom is 0.119 e. The van der Waals surface area contributed by atoms with Crippen LogP contribution in [0, 0.1) is 6.92 Å². The average Bonchev–Trinajstić information content (AvgIpc) is 2.87. The molecule has 1 aromatic rings. The summed E-state index contributed by atoms with van der Waals surface area (Å²) in [5.74, 6) is 1.62. The van der Waals surface area contributed by atoms with Crippen molar-refractivity contribution in [3.05, 3.63) is 29.3 Å². The van der Waals surface area contributed by atoms with Crippen molar-refractivity contribution in [3.63, 3.8) is 0 Å². The normalized spacial score (nSPS) is 16.2. The maximum absolute atomic E-state index is 5.87. The fourth-order valence-electron chi connectivity index (χ4n) is 3.02. The van der Waals surface area contributed by atoms with Crippen molar-refractivity contribution >= 4 is 0 Å². The Morgan fingerprint density at radius 1 is 1.21 bits per heavy atom. The molecule has 1 aromatic carbocycles. The molecular weight excluding hydrogens is 234 g/mol. The van der Waals surface area contributed by atoms with E-state index in [1.165, 1.54) is 50.0 Å². The molecule has 2 rings (SSSR count). The minimum absolute atomic E-state index is 0.591. The van der Waals surface area contributed by atoms with Gasteiger partial charge in [-0.15, -0.1) is 0 Å². The zero-order chi connectivity index (χ0) is 13.7. The number of hydrogen-bond donors (Lipinski definition) is 1. The lowest BCUT2D eigenvalue weighted by Crippen LogP contribution is -3.10. The predicted molar refractivity (Wildman–Crippen MR) is 80.2 cm³/mol. The van der Waals surface area contributed by atoms with E-state index < -0.39 is 0 Å². The summed E-state index contributed by atoms with van der Waals surface area (Å²) in [6, 6.07) is 6.50. The van der Waals surface area contributed by atoms with E-state index in [2.05, 4.69) is 39.0 Å². The Morgan fingerprint density at radius 2 is 1.95 bits per heavy atom. The molecule has 106 valence electrons. The molecule has 0 amide bonds. The van der Waals surface area contributed by atoms with E-state index >= 15 is 0 Å². The van der Waals surface area contributed by atoms with Crippen molar-refractivity contribution in [2.75, 3.05) is 26.2 Å². The van der Waals surface area contributed by atoms with Gasteiger partial charge in [0.1, 0.15) is 5.75 Å². The van der Waals surface area contributed by atoms with Crippen LogP contribution in [0.2, 0.25) is 0 Å². The summed E-state index contributed by atoms with van der Waals surface area (Å²) in [5.41, 5.74) is 2.77. The third-order valence-electron chi connectivity index (χ3n) is 4.12. The van der Waals surface area contributed by atoms with Gasteiger partial charge in [0.15, 0.2) is 0 Å². The summed E-state index contributed by atoms with van der Waals surface area (Å²) in [4.78, 5) is 1.76. The summed E-state index contributed by atoms with van der Waals surface area (Å²) in [6.45, 7) is 11.5. The molecule has 2 nitrogen and oxygen atoms in total. The molecule has 0 saturated carbocycles. The van der Waals surface area contributed by atoms with Crippen LogP contribution in [-0.2, 0) is 0 Å². The monoisotopic (exact) mass is 262 g/mol. The van der Waals surface area contributed by atoms with Gasteiger partial charge in [-0.2, -0.15) is 0 Å². The first-order valence-corrected chi connectivity index (χ1v) is 7.73. The largest absolute Gasteiger partial charge is 0.493 e. The van der Waals surface area contributed by atoms with E-state index in [0.717, 1.165) is 12.4 Å². The van der Waals surface area contributed by atoms with Crippen LogP contribution >= 0.6 is 0 Å². The van der Waals surface area contributed by atoms with Crippen LogP contribution in [0.5, 0.6) is 5.75 Å². The van der Waals surface area contributed by atoms with Crippen molar-refractivity contribution < 1.29 is 9.64 Å². The van der Waals surface area contributed by atoms with Crippen LogP contribution < -0.4 is 9.64 Å². The first-order valence-electron chi connectivity index (χ1n) is 7.73. The van der Waals surface area contributed by atoms with Gasteiger partial charge in [0.2, 0.25) is 0 Å². The summed E-state index contributed by atoms with van der Waals surface area (Å²) < 4.78 is 5.87. The molecule has 0 unspecified atom stereocenters. The Bertz CT molecular complexity index is 394. The van der Waals surface area contributed by atoms with Crippen molar-refractivity contribution in [2.45, 2.75) is 46.0 Å². The molecule has 1 heterocycles. The minimum Gasteiger partial charge on any atom is -0.493 e. The van der Waals surface area contributed by atoms with Gasteiger partial charge in [-0.25, -0.2) is 0 Å². The van der Waals surface area contributed by atoms with Gasteiger partial charge in [0.05, 0.1) is 26.2 Å². The quantitative estimate of drug-likeness (QED) is 0.778. The standard InChI is InChI=1S/C17H27NO/c1-14(2)17-8-7-16(13-15(17)3)19-12-6-11-18-9-4-5-10-18/h7-8,13-14H,4-6,9-12H2,1-3H3/p+1. The third-order valence-corrected chi connectivity index (χ3v) is 4.12. The molecule has 0 spiro atoms. The molecule has 0 aliphatic carbocycles. The number of aryl methyl sites for hydroxylation is 1. The number of hydrogen-bond acceptors (Lipinski definition) is 1. The number of likely N-dealkylation sites (tertiary alicyclic amines) is 1. The molecule has 1 fully saturated rings. The van der Waals surface area contributed by atoms with Crippen molar-refractivity contribution in [1.82, 2.24) is 0 Å². The lowest BCUT2D eigenvalue weighted by molar-refractivity contribution is -0.887. The number of rotatable bonds is 6. The van der Waals surface area contributed by atoms with E-state index in [4.69, 9.17) is 4.74 Å². The van der Waals surface area contributed by atoms with Gasteiger partial charge in [0.25, 0.3) is 0 Å². The zero-order valence-corrected chi connectivity index (χ0v) is 12.7. The zero-order valence-electron chi connectivity index (χ0n) is 12.7. The maximum atomic E-state index is 5.87. The van der Waals surface area contributed by atoms with Gasteiger partial charge in [-0.05, 0) is 36.1 Å². The van der Waals surface area contributed by atoms with Gasteiger partial charge in [0, 0.05) is 19.3 Å². The highest BCUT2D eigenvalue weighted by atomic mass is 16.5. The smallest absolute Gasteiger partial charge is 0.119 e. The molecule has 19 heavy (non-hydrogen) atoms. The summed E-state index contributed by atoms with van der Waals surface area (Å²) in [7, 11) is 0. The van der Waals surface area contributed by atoms with E-state index in [1.807, 2.05) is 0 Å². The minimum atomic E-state index is 0.591. The van der Waals surface area contributed by atoms with Crippen molar-refractivity contribution in [1.29, 1.82) is 0 Å². The van der Waals surface area contributed by atoms with Gasteiger partial charge in [-0.3, -0.25) is 0 Å². The Hall–Kier alpha value is -1.02. The topological polar surface area (TPSA) is 13.7 Å². The SMILES string of the molecule is Cc1cc(OCCC[NH+]2CCCC2)ccc1C(C)C. The fraction of sp³-hybridized carbons (Fsp3) is 0.647. The van der Waals surface area contributed by atoms with Crippen molar-refractivity contribution in [3.8, 4) is 5.75 Å². The Morgan fingerprint density at radius 3 is 2.58 bits per heavy atom. The highest BCUT2D eigenvalue weighted by Gasteiger charge is 2.14. The molecule has 0 radical (unpaired) electrons. The van der Waals surface area contributed by atoms with Gasteiger partial charge >= 0.3 is 0 Å². The van der Waals surface area contributed by atoms with Crippen LogP contribution in [0.15, 0.2) is 18.2 Å². The average molecular weight is 262 g/mol. The Kier molecular flexibility index (Phi) is 5.26. The van der Waals surface area contributed by atoms with E-state index in [1.54, 1.807) is 4.90 Å². The Balaban J connectivity index is 1.74. The van der Waals surface area contributed by atoms with Gasteiger partial charge < -0.3 is 9.64 Å². The van der Waals surface area contributed by atoms with Crippen molar-refractivity contribution in [2.24, 2.45) is 0 Å². The molecule has 1 N–H and O–H groups in total. The molecule has 1 saturated heterocycles. The lowest BCUT2D eigenvalue weighted by atomic mass is 9.98. The molecule has 1 aliphatic heterocycles. The molecule has 0 atom stereocenters. The van der Waals surface area contributed by atoms with Gasteiger partial charge in [-0.1, -0.05) is 19.9 Å². The highest BCUT2D eigenvalue weighted by Crippen LogP contribution is 2.23. The van der Waals surface area contributed by atoms with Crippen LogP contribution in [0.25, 0.3) is 0 Å². The number of ether oxygens (including phenoxy) is 1. The lowest BCUT2D eigenvalue weighted by Gasteiger charge is -2.14. The molecule has 0 bridgehead atoms. The van der Waals surface area contributed by atoms with E-state index in [-0.39, 0.29) is 0 Å². The molecule has 2 heteroatoms. The molecule has 0 aromatic heterocycles. The first-order chi connectivity index (χ1) is 9.16. The molecule has 1 aliphatic rings. The summed E-state index contributed by atoms with van der Waals surface area (Å²) >= 11 is 0. The number of nitrogens with one attached hydrogen (secondary N) is 1. The summed E-state index contributed by atoms with van der Waals surface area (Å²) in [6.07, 6.45) is 3.98. The van der Waals surface area contributed by atoms with E-state index in [0.29, 0.717) is 5.92 Å². The first kappa shape index (κ1) is 14.4. The Labute approximate surface area is 117 Å². The van der Waals surface area contributed by atoms with Crippen LogP contribution in [-0.4, -0.2) is 26.2 Å². The molecular formula is C17H28NO+. The van der Waals surface area contributed by atoms with Crippen LogP contribution in [0.4, 0.5) is 0 Å². The number of quaternary nitrogens is 1. The fourth-order valence-corrected chi connectivity index (χ4v) is 3.02. The second kappa shape index (κ2) is 6.95. The van der Waals surface area contributed by atoms with E-state index in [9.17, 15) is 0 Å². The predicted octanol–water partition coefficient (Wildman–Crippen LogP) is 2.57. The second-order valence-corrected chi connectivity index (χ2v) is 6.08. The number of benzene rings is 1. The van der Waals surface area contributed by atoms with Crippen LogP contribution in [0.3, 0.4) is 0 Å². The summed E-state index contributed by atoms with van der Waals surface area (Å²) in [5, 5.41) is 0. The highest BCUT2D eigenvalue weighted by molar-refractivity contribution is 5.36.